The summed E-state index contributed by atoms with van der Waals surface area (Å²) in [7, 11) is 0. The van der Waals surface area contributed by atoms with Crippen LogP contribution < -0.4 is 10.2 Å². The maximum atomic E-state index is 13.4. The number of aryl methyl sites for hydroxylation is 3. The molecule has 1 N–H and O–H groups in total. The molecule has 182 valence electrons. The molecule has 0 unspecified atom stereocenters. The predicted molar refractivity (Wildman–Crippen MR) is 142 cm³/mol. The zero-order chi connectivity index (χ0) is 25.7. The fourth-order valence-electron chi connectivity index (χ4n) is 4.89. The molecular formula is C27H23BrN4O3S. The van der Waals surface area contributed by atoms with Crippen LogP contribution >= 0.6 is 27.3 Å². The number of urea groups is 1. The quantitative estimate of drug-likeness (QED) is 0.330. The summed E-state index contributed by atoms with van der Waals surface area (Å²) in [6.45, 7) is 5.71. The Morgan fingerprint density at radius 3 is 2.58 bits per heavy atom. The largest absolute Gasteiger partial charge is 0.335 e. The zero-order valence-corrected chi connectivity index (χ0v) is 22.5. The molecule has 2 aromatic heterocycles. The molecule has 4 amide bonds. The van der Waals surface area contributed by atoms with Crippen molar-refractivity contribution in [3.8, 4) is 11.1 Å². The second-order valence-electron chi connectivity index (χ2n) is 9.06. The summed E-state index contributed by atoms with van der Waals surface area (Å²) in [5.74, 6) is -1.41. The average Bonchev–Trinajstić information content (AvgIpc) is 3.34. The zero-order valence-electron chi connectivity index (χ0n) is 20.1. The first-order chi connectivity index (χ1) is 17.2. The van der Waals surface area contributed by atoms with E-state index < -0.39 is 17.8 Å². The van der Waals surface area contributed by atoms with E-state index >= 15 is 0 Å². The number of barbiturate groups is 1. The first kappa shape index (κ1) is 24.2. The van der Waals surface area contributed by atoms with Gasteiger partial charge in [-0.2, -0.15) is 5.26 Å². The first-order valence-corrected chi connectivity index (χ1v) is 13.2. The molecule has 1 saturated heterocycles. The van der Waals surface area contributed by atoms with E-state index in [9.17, 15) is 19.6 Å². The number of amides is 4. The molecule has 7 nitrogen and oxygen atoms in total. The summed E-state index contributed by atoms with van der Waals surface area (Å²) in [4.78, 5) is 40.9. The number of carbonyl (C=O) groups is 3. The SMILES string of the molecule is Cc1cc(N2C(=O)NC(=O)/C(=C\c3cc(C)n(-c4sc5c(c4C#N)CCCC5)c3C)C2=O)ccc1Br. The number of nitriles is 1. The van der Waals surface area contributed by atoms with Gasteiger partial charge in [0, 0.05) is 20.7 Å². The van der Waals surface area contributed by atoms with Crippen LogP contribution in [0.3, 0.4) is 0 Å². The van der Waals surface area contributed by atoms with Gasteiger partial charge in [0.05, 0.1) is 11.3 Å². The topological polar surface area (TPSA) is 95.2 Å². The summed E-state index contributed by atoms with van der Waals surface area (Å²) in [5, 5.41) is 13.1. The molecule has 1 aliphatic carbocycles. The highest BCUT2D eigenvalue weighted by Crippen LogP contribution is 2.38. The summed E-state index contributed by atoms with van der Waals surface area (Å²) < 4.78 is 2.88. The fraction of sp³-hybridized carbons (Fsp3) is 0.259. The van der Waals surface area contributed by atoms with Gasteiger partial charge in [0.1, 0.15) is 16.6 Å². The Morgan fingerprint density at radius 2 is 1.86 bits per heavy atom. The van der Waals surface area contributed by atoms with Gasteiger partial charge in [-0.05, 0) is 93.5 Å². The van der Waals surface area contributed by atoms with Crippen molar-refractivity contribution in [2.45, 2.75) is 46.5 Å². The molecule has 1 fully saturated rings. The normalized spacial score (nSPS) is 16.8. The number of nitrogens with zero attached hydrogens (tertiary/aromatic N) is 3. The van der Waals surface area contributed by atoms with E-state index in [2.05, 4.69) is 27.3 Å². The summed E-state index contributed by atoms with van der Waals surface area (Å²) >= 11 is 5.07. The standard InChI is InChI=1S/C27H23BrN4O3S/c1-14-10-18(8-9-22(14)28)32-25(34)20(24(33)30-27(32)35)12-17-11-15(2)31(16(17)3)26-21(13-29)19-6-4-5-7-23(19)36-26/h8-12H,4-7H2,1-3H3,(H,30,33,35)/b20-12+. The minimum absolute atomic E-state index is 0.124. The second kappa shape index (κ2) is 9.19. The lowest BCUT2D eigenvalue weighted by atomic mass is 9.96. The van der Waals surface area contributed by atoms with Crippen molar-refractivity contribution in [2.24, 2.45) is 0 Å². The van der Waals surface area contributed by atoms with Crippen molar-refractivity contribution >= 4 is 56.9 Å². The van der Waals surface area contributed by atoms with Crippen LogP contribution in [0.25, 0.3) is 11.1 Å². The Bertz CT molecular complexity index is 1540. The lowest BCUT2D eigenvalue weighted by molar-refractivity contribution is -0.122. The molecule has 0 radical (unpaired) electrons. The number of hydrogen-bond donors (Lipinski definition) is 1. The van der Waals surface area contributed by atoms with Crippen LogP contribution in [0.5, 0.6) is 0 Å². The Hall–Kier alpha value is -3.48. The van der Waals surface area contributed by atoms with Crippen molar-refractivity contribution < 1.29 is 14.4 Å². The minimum Gasteiger partial charge on any atom is -0.308 e. The van der Waals surface area contributed by atoms with E-state index in [1.807, 2.05) is 31.4 Å². The number of nitrogens with one attached hydrogen (secondary N) is 1. The number of anilines is 1. The lowest BCUT2D eigenvalue weighted by Crippen LogP contribution is -2.54. The Balaban J connectivity index is 1.57. The maximum Gasteiger partial charge on any atom is 0.335 e. The Labute approximate surface area is 221 Å². The number of aromatic nitrogens is 1. The molecule has 5 rings (SSSR count). The van der Waals surface area contributed by atoms with E-state index in [4.69, 9.17) is 0 Å². The second-order valence-corrected chi connectivity index (χ2v) is 11.0. The third-order valence-corrected chi connectivity index (χ3v) is 8.91. The molecular weight excluding hydrogens is 540 g/mol. The van der Waals surface area contributed by atoms with E-state index in [1.54, 1.807) is 29.5 Å². The van der Waals surface area contributed by atoms with Crippen LogP contribution in [0.1, 0.15) is 51.4 Å². The highest BCUT2D eigenvalue weighted by Gasteiger charge is 2.37. The highest BCUT2D eigenvalue weighted by molar-refractivity contribution is 9.10. The van der Waals surface area contributed by atoms with Gasteiger partial charge in [-0.1, -0.05) is 15.9 Å². The number of fused-ring (bicyclic) bond motifs is 1. The van der Waals surface area contributed by atoms with Crippen LogP contribution in [0.4, 0.5) is 10.5 Å². The molecule has 2 aliphatic rings. The van der Waals surface area contributed by atoms with Crippen LogP contribution in [0.15, 0.2) is 34.3 Å². The molecule has 0 atom stereocenters. The Morgan fingerprint density at radius 1 is 1.11 bits per heavy atom. The highest BCUT2D eigenvalue weighted by atomic mass is 79.9. The monoisotopic (exact) mass is 562 g/mol. The molecule has 0 spiro atoms. The molecule has 3 heterocycles. The smallest absolute Gasteiger partial charge is 0.308 e. The van der Waals surface area contributed by atoms with Crippen molar-refractivity contribution in [2.75, 3.05) is 4.90 Å². The van der Waals surface area contributed by atoms with Crippen molar-refractivity contribution in [3.05, 3.63) is 72.8 Å². The van der Waals surface area contributed by atoms with Gasteiger partial charge >= 0.3 is 6.03 Å². The molecule has 36 heavy (non-hydrogen) atoms. The van der Waals surface area contributed by atoms with Gasteiger partial charge in [0.25, 0.3) is 11.8 Å². The summed E-state index contributed by atoms with van der Waals surface area (Å²) in [5.41, 5.74) is 5.37. The van der Waals surface area contributed by atoms with Crippen molar-refractivity contribution in [1.29, 1.82) is 5.26 Å². The van der Waals surface area contributed by atoms with Crippen LogP contribution in [0, 0.1) is 32.1 Å². The summed E-state index contributed by atoms with van der Waals surface area (Å²) in [6, 6.07) is 8.64. The van der Waals surface area contributed by atoms with Gasteiger partial charge in [0.2, 0.25) is 0 Å². The van der Waals surface area contributed by atoms with Crippen LogP contribution in [-0.4, -0.2) is 22.4 Å². The lowest BCUT2D eigenvalue weighted by Gasteiger charge is -2.26. The van der Waals surface area contributed by atoms with Gasteiger partial charge in [-0.3, -0.25) is 14.9 Å². The van der Waals surface area contributed by atoms with Crippen molar-refractivity contribution in [3.63, 3.8) is 0 Å². The third-order valence-electron chi connectivity index (χ3n) is 6.74. The van der Waals surface area contributed by atoms with Gasteiger partial charge in [0.15, 0.2) is 0 Å². The molecule has 9 heteroatoms. The molecule has 0 bridgehead atoms. The van der Waals surface area contributed by atoms with E-state index in [-0.39, 0.29) is 5.57 Å². The maximum absolute atomic E-state index is 13.4. The molecule has 3 aromatic rings. The number of carbonyl (C=O) groups excluding carboxylic acids is 3. The number of imide groups is 2. The average molecular weight is 563 g/mol. The fourth-order valence-corrected chi connectivity index (χ4v) is 6.58. The molecule has 1 aromatic carbocycles. The van der Waals surface area contributed by atoms with E-state index in [0.29, 0.717) is 16.8 Å². The van der Waals surface area contributed by atoms with E-state index in [0.717, 1.165) is 62.6 Å². The number of halogens is 1. The number of hydrogen-bond acceptors (Lipinski definition) is 5. The van der Waals surface area contributed by atoms with Crippen LogP contribution in [0.2, 0.25) is 0 Å². The number of rotatable bonds is 3. The number of thiophene rings is 1. The van der Waals surface area contributed by atoms with Crippen molar-refractivity contribution in [1.82, 2.24) is 9.88 Å². The molecule has 1 aliphatic heterocycles. The van der Waals surface area contributed by atoms with Gasteiger partial charge < -0.3 is 4.57 Å². The summed E-state index contributed by atoms with van der Waals surface area (Å²) in [6.07, 6.45) is 5.64. The Kier molecular flexibility index (Phi) is 6.18. The van der Waals surface area contributed by atoms with E-state index in [1.165, 1.54) is 11.0 Å². The van der Waals surface area contributed by atoms with Gasteiger partial charge in [-0.25, -0.2) is 9.69 Å². The first-order valence-electron chi connectivity index (χ1n) is 11.6. The van der Waals surface area contributed by atoms with Crippen LogP contribution in [-0.2, 0) is 22.4 Å². The number of benzene rings is 1. The minimum atomic E-state index is -0.780. The van der Waals surface area contributed by atoms with Gasteiger partial charge in [-0.15, -0.1) is 11.3 Å². The molecule has 0 saturated carbocycles. The third kappa shape index (κ3) is 3.91. The predicted octanol–water partition coefficient (Wildman–Crippen LogP) is 5.64.